The third-order valence-corrected chi connectivity index (χ3v) is 2.91. The molecule has 0 aromatic heterocycles. The van der Waals surface area contributed by atoms with Crippen LogP contribution in [0.4, 0.5) is 5.69 Å². The molecular weight excluding hydrogens is 222 g/mol. The van der Waals surface area contributed by atoms with Gasteiger partial charge in [-0.3, -0.25) is 0 Å². The van der Waals surface area contributed by atoms with E-state index in [-0.39, 0.29) is 0 Å². The molecule has 0 amide bonds. The van der Waals surface area contributed by atoms with Crippen molar-refractivity contribution in [2.24, 2.45) is 0 Å². The first-order valence-corrected chi connectivity index (χ1v) is 6.11. The Hall–Kier alpha value is -1.96. The molecule has 94 valence electrons. The average Bonchev–Trinajstić information content (AvgIpc) is 2.27. The van der Waals surface area contributed by atoms with Crippen LogP contribution in [0.5, 0.6) is 5.75 Å². The minimum atomic E-state index is 0.553. The average molecular weight is 241 g/mol. The molecule has 0 unspecified atom stereocenters. The molecule has 2 aromatic rings. The van der Waals surface area contributed by atoms with Crippen LogP contribution in [0.25, 0.3) is 0 Å². The minimum Gasteiger partial charge on any atom is -0.486 e. The van der Waals surface area contributed by atoms with E-state index in [4.69, 9.17) is 10.5 Å². The number of ether oxygens (including phenoxy) is 1. The van der Waals surface area contributed by atoms with Crippen molar-refractivity contribution in [1.29, 1.82) is 0 Å². The van der Waals surface area contributed by atoms with Gasteiger partial charge in [-0.15, -0.1) is 0 Å². The summed E-state index contributed by atoms with van der Waals surface area (Å²) >= 11 is 0. The Balaban J connectivity index is 2.16. The van der Waals surface area contributed by atoms with Gasteiger partial charge in [0.05, 0.1) is 5.69 Å². The molecule has 0 radical (unpaired) electrons. The number of benzene rings is 2. The Bertz CT molecular complexity index is 521. The standard InChI is InChI=1S/C16H19NO/c1-11-7-12(2)9-14(8-11)10-18-16-13(3)5-4-6-15(16)17/h4-9H,10,17H2,1-3H3. The zero-order valence-corrected chi connectivity index (χ0v) is 11.2. The van der Waals surface area contributed by atoms with Crippen LogP contribution in [0.15, 0.2) is 36.4 Å². The first-order chi connectivity index (χ1) is 8.56. The molecule has 0 spiro atoms. The quantitative estimate of drug-likeness (QED) is 0.830. The van der Waals surface area contributed by atoms with Crippen molar-refractivity contribution < 1.29 is 4.74 Å². The minimum absolute atomic E-state index is 0.553. The summed E-state index contributed by atoms with van der Waals surface area (Å²) in [6.07, 6.45) is 0. The number of rotatable bonds is 3. The molecular formula is C16H19NO. The number of nitrogens with two attached hydrogens (primary N) is 1. The van der Waals surface area contributed by atoms with Crippen LogP contribution < -0.4 is 10.5 Å². The predicted octanol–water partition coefficient (Wildman–Crippen LogP) is 3.77. The molecule has 0 saturated heterocycles. The number of para-hydroxylation sites is 1. The van der Waals surface area contributed by atoms with Crippen LogP contribution >= 0.6 is 0 Å². The van der Waals surface area contributed by atoms with Crippen molar-refractivity contribution in [1.82, 2.24) is 0 Å². The first-order valence-electron chi connectivity index (χ1n) is 6.11. The van der Waals surface area contributed by atoms with Gasteiger partial charge in [-0.25, -0.2) is 0 Å². The molecule has 0 heterocycles. The van der Waals surface area contributed by atoms with E-state index in [1.807, 2.05) is 25.1 Å². The van der Waals surface area contributed by atoms with Gasteiger partial charge in [0.2, 0.25) is 0 Å². The van der Waals surface area contributed by atoms with Gasteiger partial charge in [0.1, 0.15) is 12.4 Å². The molecule has 2 rings (SSSR count). The molecule has 0 aliphatic heterocycles. The molecule has 0 bridgehead atoms. The number of hydrogen-bond acceptors (Lipinski definition) is 2. The number of anilines is 1. The van der Waals surface area contributed by atoms with E-state index in [2.05, 4.69) is 32.0 Å². The Kier molecular flexibility index (Phi) is 3.56. The maximum atomic E-state index is 5.92. The molecule has 2 nitrogen and oxygen atoms in total. The molecule has 0 aliphatic carbocycles. The lowest BCUT2D eigenvalue weighted by Crippen LogP contribution is -2.01. The highest BCUT2D eigenvalue weighted by Gasteiger charge is 2.04. The van der Waals surface area contributed by atoms with Crippen LogP contribution in [0.1, 0.15) is 22.3 Å². The fourth-order valence-electron chi connectivity index (χ4n) is 2.18. The van der Waals surface area contributed by atoms with Crippen molar-refractivity contribution in [3.05, 3.63) is 58.7 Å². The lowest BCUT2D eigenvalue weighted by Gasteiger charge is -2.12. The van der Waals surface area contributed by atoms with Gasteiger partial charge in [-0.2, -0.15) is 0 Å². The Morgan fingerprint density at radius 2 is 1.67 bits per heavy atom. The highest BCUT2D eigenvalue weighted by molar-refractivity contribution is 5.56. The van der Waals surface area contributed by atoms with E-state index < -0.39 is 0 Å². The third-order valence-electron chi connectivity index (χ3n) is 2.91. The Labute approximate surface area is 108 Å². The SMILES string of the molecule is Cc1cc(C)cc(COc2c(C)cccc2N)c1. The molecule has 0 fully saturated rings. The van der Waals surface area contributed by atoms with Gasteiger partial charge in [-0.1, -0.05) is 41.5 Å². The predicted molar refractivity (Wildman–Crippen MR) is 75.8 cm³/mol. The van der Waals surface area contributed by atoms with Crippen molar-refractivity contribution >= 4 is 5.69 Å². The second-order valence-electron chi connectivity index (χ2n) is 4.78. The van der Waals surface area contributed by atoms with Gasteiger partial charge < -0.3 is 10.5 Å². The van der Waals surface area contributed by atoms with Crippen LogP contribution in [0.3, 0.4) is 0 Å². The smallest absolute Gasteiger partial charge is 0.145 e. The molecule has 0 aliphatic rings. The van der Waals surface area contributed by atoms with Gasteiger partial charge in [0.15, 0.2) is 0 Å². The highest BCUT2D eigenvalue weighted by Crippen LogP contribution is 2.26. The summed E-state index contributed by atoms with van der Waals surface area (Å²) in [6, 6.07) is 12.2. The maximum Gasteiger partial charge on any atom is 0.145 e. The number of hydrogen-bond donors (Lipinski definition) is 1. The summed E-state index contributed by atoms with van der Waals surface area (Å²) in [5.41, 5.74) is 11.4. The van der Waals surface area contributed by atoms with E-state index in [9.17, 15) is 0 Å². The fourth-order valence-corrected chi connectivity index (χ4v) is 2.18. The molecule has 2 heteroatoms. The maximum absolute atomic E-state index is 5.92. The van der Waals surface area contributed by atoms with Gasteiger partial charge in [-0.05, 0) is 38.0 Å². The zero-order valence-electron chi connectivity index (χ0n) is 11.2. The largest absolute Gasteiger partial charge is 0.486 e. The lowest BCUT2D eigenvalue weighted by atomic mass is 10.1. The molecule has 2 N–H and O–H groups in total. The molecule has 18 heavy (non-hydrogen) atoms. The normalized spacial score (nSPS) is 10.4. The molecule has 0 saturated carbocycles. The van der Waals surface area contributed by atoms with Crippen molar-refractivity contribution in [3.63, 3.8) is 0 Å². The van der Waals surface area contributed by atoms with E-state index >= 15 is 0 Å². The topological polar surface area (TPSA) is 35.2 Å². The van der Waals surface area contributed by atoms with Crippen molar-refractivity contribution in [2.75, 3.05) is 5.73 Å². The molecule has 0 atom stereocenters. The summed E-state index contributed by atoms with van der Waals surface area (Å²) in [5, 5.41) is 0. The van der Waals surface area contributed by atoms with Crippen LogP contribution in [-0.2, 0) is 6.61 Å². The highest BCUT2D eigenvalue weighted by atomic mass is 16.5. The zero-order chi connectivity index (χ0) is 13.1. The number of nitrogen functional groups attached to an aromatic ring is 1. The Morgan fingerprint density at radius 1 is 1.00 bits per heavy atom. The summed E-state index contributed by atoms with van der Waals surface area (Å²) in [6.45, 7) is 6.75. The van der Waals surface area contributed by atoms with E-state index in [0.29, 0.717) is 12.3 Å². The third kappa shape index (κ3) is 2.83. The summed E-state index contributed by atoms with van der Waals surface area (Å²) in [7, 11) is 0. The van der Waals surface area contributed by atoms with Gasteiger partial charge in [0, 0.05) is 0 Å². The summed E-state index contributed by atoms with van der Waals surface area (Å²) in [4.78, 5) is 0. The first kappa shape index (κ1) is 12.5. The monoisotopic (exact) mass is 241 g/mol. The van der Waals surface area contributed by atoms with Crippen LogP contribution in [-0.4, -0.2) is 0 Å². The van der Waals surface area contributed by atoms with Gasteiger partial charge in [0.25, 0.3) is 0 Å². The van der Waals surface area contributed by atoms with E-state index in [1.54, 1.807) is 0 Å². The lowest BCUT2D eigenvalue weighted by molar-refractivity contribution is 0.305. The van der Waals surface area contributed by atoms with Crippen molar-refractivity contribution in [3.8, 4) is 5.75 Å². The van der Waals surface area contributed by atoms with E-state index in [0.717, 1.165) is 11.3 Å². The molecule has 2 aromatic carbocycles. The number of aryl methyl sites for hydroxylation is 3. The Morgan fingerprint density at radius 3 is 2.28 bits per heavy atom. The second-order valence-corrected chi connectivity index (χ2v) is 4.78. The van der Waals surface area contributed by atoms with E-state index in [1.165, 1.54) is 16.7 Å². The summed E-state index contributed by atoms with van der Waals surface area (Å²) in [5.74, 6) is 0.789. The van der Waals surface area contributed by atoms with Crippen LogP contribution in [0.2, 0.25) is 0 Å². The van der Waals surface area contributed by atoms with Gasteiger partial charge >= 0.3 is 0 Å². The van der Waals surface area contributed by atoms with Crippen molar-refractivity contribution in [2.45, 2.75) is 27.4 Å². The second kappa shape index (κ2) is 5.13. The van der Waals surface area contributed by atoms with Crippen LogP contribution in [0, 0.1) is 20.8 Å². The fraction of sp³-hybridized carbons (Fsp3) is 0.250. The summed E-state index contributed by atoms with van der Waals surface area (Å²) < 4.78 is 5.84.